The average molecular weight is 154 g/mol. The number of hydrogen-bond acceptors (Lipinski definition) is 4. The first-order valence-electron chi connectivity index (χ1n) is 2.94. The van der Waals surface area contributed by atoms with E-state index >= 15 is 0 Å². The zero-order valence-electron chi connectivity index (χ0n) is 6.28. The Bertz CT molecular complexity index is 189. The predicted molar refractivity (Wildman–Crippen MR) is 43.8 cm³/mol. The van der Waals surface area contributed by atoms with Gasteiger partial charge in [0.2, 0.25) is 0 Å². The van der Waals surface area contributed by atoms with Crippen LogP contribution in [-0.2, 0) is 0 Å². The summed E-state index contributed by atoms with van der Waals surface area (Å²) in [6.07, 6.45) is 1.57. The maximum absolute atomic E-state index is 7.98. The largest absolute Gasteiger partial charge is 0.390 e. The average Bonchev–Trinajstić information content (AvgIpc) is 2.05. The van der Waals surface area contributed by atoms with Crippen LogP contribution in [0.2, 0.25) is 0 Å². The van der Waals surface area contributed by atoms with Gasteiger partial charge in [0.1, 0.15) is 0 Å². The Morgan fingerprint density at radius 2 is 2.55 bits per heavy atom. The van der Waals surface area contributed by atoms with Crippen LogP contribution in [0.3, 0.4) is 0 Å². The van der Waals surface area contributed by atoms with Crippen molar-refractivity contribution < 1.29 is 0 Å². The van der Waals surface area contributed by atoms with Crippen LogP contribution < -0.4 is 10.7 Å². The molecule has 0 spiro atoms. The van der Waals surface area contributed by atoms with Crippen molar-refractivity contribution in [3.63, 3.8) is 0 Å². The Morgan fingerprint density at radius 3 is 3.00 bits per heavy atom. The molecule has 0 bridgehead atoms. The molecule has 0 aliphatic carbocycles. The standard InChI is InChI=1S/C5H10N6/c1-7-5(3-9-8-2)4-10-11-6/h3,7,9H,2,4H2,1H3/b5-3-. The van der Waals surface area contributed by atoms with Crippen LogP contribution in [0.4, 0.5) is 0 Å². The van der Waals surface area contributed by atoms with Gasteiger partial charge in [0.25, 0.3) is 0 Å². The van der Waals surface area contributed by atoms with Gasteiger partial charge in [0.05, 0.1) is 6.54 Å². The summed E-state index contributed by atoms with van der Waals surface area (Å²) in [5.41, 5.74) is 11.2. The summed E-state index contributed by atoms with van der Waals surface area (Å²) < 4.78 is 0. The maximum Gasteiger partial charge on any atom is 0.0673 e. The SMILES string of the molecule is C=NN/C=C(/CN=[N+]=[N-])NC. The lowest BCUT2D eigenvalue weighted by molar-refractivity contribution is 0.866. The highest BCUT2D eigenvalue weighted by Crippen LogP contribution is 1.86. The van der Waals surface area contributed by atoms with E-state index in [9.17, 15) is 0 Å². The van der Waals surface area contributed by atoms with Crippen molar-refractivity contribution in [2.24, 2.45) is 10.2 Å². The monoisotopic (exact) mass is 154 g/mol. The van der Waals surface area contributed by atoms with E-state index in [1.54, 1.807) is 13.2 Å². The first kappa shape index (κ1) is 9.32. The molecule has 0 heterocycles. The summed E-state index contributed by atoms with van der Waals surface area (Å²) in [4.78, 5) is 2.60. The molecule has 0 aliphatic rings. The molecule has 6 heteroatoms. The second kappa shape index (κ2) is 6.44. The highest BCUT2D eigenvalue weighted by atomic mass is 15.3. The molecule has 0 saturated carbocycles. The number of rotatable bonds is 5. The van der Waals surface area contributed by atoms with Gasteiger partial charge in [0.15, 0.2) is 0 Å². The molecular weight excluding hydrogens is 144 g/mol. The van der Waals surface area contributed by atoms with Gasteiger partial charge in [-0.1, -0.05) is 5.11 Å². The minimum atomic E-state index is 0.273. The third-order valence-corrected chi connectivity index (χ3v) is 0.955. The van der Waals surface area contributed by atoms with Crippen molar-refractivity contribution in [3.05, 3.63) is 22.3 Å². The molecule has 2 N–H and O–H groups in total. The fraction of sp³-hybridized carbons (Fsp3) is 0.400. The van der Waals surface area contributed by atoms with Crippen LogP contribution in [0.15, 0.2) is 22.1 Å². The summed E-state index contributed by atoms with van der Waals surface area (Å²) in [5.74, 6) is 0. The van der Waals surface area contributed by atoms with E-state index in [4.69, 9.17) is 5.53 Å². The molecule has 0 aromatic rings. The number of hydrazone groups is 1. The third-order valence-electron chi connectivity index (χ3n) is 0.955. The summed E-state index contributed by atoms with van der Waals surface area (Å²) >= 11 is 0. The number of nitrogens with zero attached hydrogens (tertiary/aromatic N) is 4. The molecule has 60 valence electrons. The van der Waals surface area contributed by atoms with Crippen molar-refractivity contribution in [2.45, 2.75) is 0 Å². The van der Waals surface area contributed by atoms with Gasteiger partial charge in [-0.3, -0.25) is 5.43 Å². The van der Waals surface area contributed by atoms with E-state index in [0.29, 0.717) is 0 Å². The minimum absolute atomic E-state index is 0.273. The second-order valence-electron chi connectivity index (χ2n) is 1.60. The van der Waals surface area contributed by atoms with Crippen LogP contribution >= 0.6 is 0 Å². The predicted octanol–water partition coefficient (Wildman–Crippen LogP) is 0.563. The summed E-state index contributed by atoms with van der Waals surface area (Å²) in [7, 11) is 1.73. The van der Waals surface area contributed by atoms with E-state index in [1.807, 2.05) is 0 Å². The Labute approximate surface area is 64.6 Å². The van der Waals surface area contributed by atoms with Gasteiger partial charge in [0, 0.05) is 30.6 Å². The van der Waals surface area contributed by atoms with Crippen molar-refractivity contribution >= 4 is 6.72 Å². The molecule has 0 aromatic heterocycles. The van der Waals surface area contributed by atoms with Gasteiger partial charge < -0.3 is 5.32 Å². The van der Waals surface area contributed by atoms with Crippen LogP contribution in [0.1, 0.15) is 0 Å². The number of nitrogens with one attached hydrogen (secondary N) is 2. The normalized spacial score (nSPS) is 9.73. The van der Waals surface area contributed by atoms with E-state index < -0.39 is 0 Å². The van der Waals surface area contributed by atoms with Gasteiger partial charge in [-0.25, -0.2) is 0 Å². The molecule has 0 rings (SSSR count). The van der Waals surface area contributed by atoms with E-state index in [0.717, 1.165) is 5.70 Å². The van der Waals surface area contributed by atoms with Gasteiger partial charge >= 0.3 is 0 Å². The lowest BCUT2D eigenvalue weighted by atomic mass is 10.5. The van der Waals surface area contributed by atoms with Crippen molar-refractivity contribution in [1.29, 1.82) is 0 Å². The molecular formula is C5H10N6. The highest BCUT2D eigenvalue weighted by molar-refractivity contribution is 5.22. The fourth-order valence-electron chi connectivity index (χ4n) is 0.428. The maximum atomic E-state index is 7.98. The summed E-state index contributed by atoms with van der Waals surface area (Å²) in [5, 5.41) is 9.54. The zero-order valence-corrected chi connectivity index (χ0v) is 6.28. The van der Waals surface area contributed by atoms with Crippen molar-refractivity contribution in [1.82, 2.24) is 10.7 Å². The Kier molecular flexibility index (Phi) is 5.46. The number of azide groups is 1. The first-order chi connectivity index (χ1) is 5.35. The Hall–Kier alpha value is -1.68. The molecule has 0 fully saturated rings. The molecule has 6 nitrogen and oxygen atoms in total. The van der Waals surface area contributed by atoms with E-state index in [2.05, 4.69) is 32.6 Å². The quantitative estimate of drug-likeness (QED) is 0.199. The lowest BCUT2D eigenvalue weighted by Crippen LogP contribution is -2.11. The fourth-order valence-corrected chi connectivity index (χ4v) is 0.428. The topological polar surface area (TPSA) is 85.2 Å². The van der Waals surface area contributed by atoms with Gasteiger partial charge in [-0.2, -0.15) is 5.10 Å². The molecule has 0 radical (unpaired) electrons. The molecule has 0 atom stereocenters. The summed E-state index contributed by atoms with van der Waals surface area (Å²) in [6.45, 7) is 3.48. The molecule has 11 heavy (non-hydrogen) atoms. The first-order valence-corrected chi connectivity index (χ1v) is 2.94. The van der Waals surface area contributed by atoms with Crippen molar-refractivity contribution in [2.75, 3.05) is 13.6 Å². The van der Waals surface area contributed by atoms with Gasteiger partial charge in [-0.05, 0) is 5.53 Å². The van der Waals surface area contributed by atoms with Crippen LogP contribution in [-0.4, -0.2) is 20.3 Å². The molecule has 0 aromatic carbocycles. The van der Waals surface area contributed by atoms with Gasteiger partial charge in [-0.15, -0.1) is 0 Å². The van der Waals surface area contributed by atoms with Crippen molar-refractivity contribution in [3.8, 4) is 0 Å². The molecule has 0 amide bonds. The molecule has 0 saturated heterocycles. The smallest absolute Gasteiger partial charge is 0.0673 e. The second-order valence-corrected chi connectivity index (χ2v) is 1.60. The van der Waals surface area contributed by atoms with E-state index in [1.165, 1.54) is 0 Å². The summed E-state index contributed by atoms with van der Waals surface area (Å²) in [6, 6.07) is 0. The van der Waals surface area contributed by atoms with E-state index in [-0.39, 0.29) is 6.54 Å². The zero-order chi connectivity index (χ0) is 8.53. The third kappa shape index (κ3) is 4.80. The lowest BCUT2D eigenvalue weighted by Gasteiger charge is -2.00. The Balaban J connectivity index is 3.92. The number of likely N-dealkylation sites (N-methyl/N-ethyl adjacent to an activating group) is 1. The minimum Gasteiger partial charge on any atom is -0.390 e. The van der Waals surface area contributed by atoms with Crippen LogP contribution in [0.5, 0.6) is 0 Å². The number of hydrogen-bond donors (Lipinski definition) is 2. The van der Waals surface area contributed by atoms with Crippen LogP contribution in [0, 0.1) is 0 Å². The highest BCUT2D eigenvalue weighted by Gasteiger charge is 1.87. The molecule has 0 aliphatic heterocycles. The Morgan fingerprint density at radius 1 is 1.82 bits per heavy atom. The molecule has 0 unspecified atom stereocenters. The van der Waals surface area contributed by atoms with Crippen LogP contribution in [0.25, 0.3) is 10.4 Å².